The minimum absolute atomic E-state index is 0.0711. The van der Waals surface area contributed by atoms with Gasteiger partial charge in [0.05, 0.1) is 6.61 Å². The molecular weight excluding hydrogens is 260 g/mol. The predicted octanol–water partition coefficient (Wildman–Crippen LogP) is 2.63. The van der Waals surface area contributed by atoms with Gasteiger partial charge in [0.1, 0.15) is 6.10 Å². The van der Waals surface area contributed by atoms with Crippen LogP contribution in [0.15, 0.2) is 12.2 Å². The number of carbonyl (C=O) groups excluding carboxylic acids is 1. The van der Waals surface area contributed by atoms with E-state index in [-0.39, 0.29) is 17.4 Å². The molecule has 0 radical (unpaired) electrons. The van der Waals surface area contributed by atoms with E-state index >= 15 is 0 Å². The van der Waals surface area contributed by atoms with Crippen molar-refractivity contribution in [1.29, 1.82) is 0 Å². The molecule has 4 nitrogen and oxygen atoms in total. The minimum Gasteiger partial charge on any atom is -0.411 e. The summed E-state index contributed by atoms with van der Waals surface area (Å²) in [6, 6.07) is 0. The van der Waals surface area contributed by atoms with Crippen molar-refractivity contribution in [3.63, 3.8) is 0 Å². The maximum absolute atomic E-state index is 11.5. The van der Waals surface area contributed by atoms with Crippen LogP contribution in [0.25, 0.3) is 0 Å². The summed E-state index contributed by atoms with van der Waals surface area (Å²) in [5, 5.41) is 10.4. The minimum atomic E-state index is -1.94. The summed E-state index contributed by atoms with van der Waals surface area (Å²) in [5.74, 6) is -1.58. The molecule has 1 heterocycles. The van der Waals surface area contributed by atoms with Crippen LogP contribution in [0, 0.1) is 0 Å². The Balaban J connectivity index is 2.72. The highest BCUT2D eigenvalue weighted by atomic mass is 28.4. The van der Waals surface area contributed by atoms with Gasteiger partial charge >= 0.3 is 0 Å². The number of carbonyl (C=O) groups is 1. The van der Waals surface area contributed by atoms with Gasteiger partial charge in [-0.1, -0.05) is 27.7 Å². The first kappa shape index (κ1) is 16.6. The Morgan fingerprint density at radius 3 is 2.53 bits per heavy atom. The molecule has 0 aliphatic carbocycles. The Morgan fingerprint density at radius 1 is 1.47 bits per heavy atom. The van der Waals surface area contributed by atoms with Gasteiger partial charge in [-0.05, 0) is 36.7 Å². The molecule has 0 bridgehead atoms. The third-order valence-electron chi connectivity index (χ3n) is 3.99. The molecule has 19 heavy (non-hydrogen) atoms. The molecule has 1 unspecified atom stereocenters. The lowest BCUT2D eigenvalue weighted by molar-refractivity contribution is -0.216. The van der Waals surface area contributed by atoms with Crippen molar-refractivity contribution in [3.8, 4) is 0 Å². The van der Waals surface area contributed by atoms with Crippen LogP contribution in [0.3, 0.4) is 0 Å². The highest BCUT2D eigenvalue weighted by molar-refractivity contribution is 6.74. The van der Waals surface area contributed by atoms with Crippen LogP contribution in [0.2, 0.25) is 18.1 Å². The average Bonchev–Trinajstić information content (AvgIpc) is 2.29. The molecule has 5 heteroatoms. The van der Waals surface area contributed by atoms with Gasteiger partial charge in [-0.3, -0.25) is 4.79 Å². The second-order valence-corrected chi connectivity index (χ2v) is 11.5. The first-order valence-electron chi connectivity index (χ1n) is 6.78. The molecule has 0 amide bonds. The van der Waals surface area contributed by atoms with Gasteiger partial charge in [0, 0.05) is 0 Å². The molecule has 1 rings (SSSR count). The number of aliphatic hydroxyl groups is 1. The summed E-state index contributed by atoms with van der Waals surface area (Å²) < 4.78 is 11.4. The van der Waals surface area contributed by atoms with Crippen molar-refractivity contribution in [2.75, 3.05) is 6.61 Å². The van der Waals surface area contributed by atoms with E-state index in [4.69, 9.17) is 9.16 Å². The van der Waals surface area contributed by atoms with Crippen molar-refractivity contribution >= 4 is 14.1 Å². The topological polar surface area (TPSA) is 55.8 Å². The van der Waals surface area contributed by atoms with Crippen molar-refractivity contribution in [1.82, 2.24) is 0 Å². The molecule has 1 aliphatic heterocycles. The maximum Gasteiger partial charge on any atom is 0.209 e. The average molecular weight is 286 g/mol. The normalized spacial score (nSPS) is 28.8. The highest BCUT2D eigenvalue weighted by Crippen LogP contribution is 2.37. The van der Waals surface area contributed by atoms with Crippen molar-refractivity contribution in [3.05, 3.63) is 12.2 Å². The summed E-state index contributed by atoms with van der Waals surface area (Å²) in [6.45, 7) is 12.6. The van der Waals surface area contributed by atoms with Crippen molar-refractivity contribution < 1.29 is 19.1 Å². The lowest BCUT2D eigenvalue weighted by Gasteiger charge is -2.39. The standard InChI is InChI=1S/C14H26O4Si/c1-7-12-11(15)8-9-14(16,18-12)10-17-19(5,6)13(2,3)4/h8-9,12,16H,7,10H2,1-6H3/t12-,14?/m0/s1. The molecule has 0 saturated heterocycles. The summed E-state index contributed by atoms with van der Waals surface area (Å²) in [6.07, 6.45) is 2.77. The highest BCUT2D eigenvalue weighted by Gasteiger charge is 2.41. The van der Waals surface area contributed by atoms with Gasteiger partial charge in [-0.2, -0.15) is 0 Å². The smallest absolute Gasteiger partial charge is 0.209 e. The second-order valence-electron chi connectivity index (χ2n) is 6.64. The monoisotopic (exact) mass is 286 g/mol. The van der Waals surface area contributed by atoms with Gasteiger partial charge < -0.3 is 14.3 Å². The molecule has 1 N–H and O–H groups in total. The van der Waals surface area contributed by atoms with Crippen LogP contribution >= 0.6 is 0 Å². The van der Waals surface area contributed by atoms with Crippen LogP contribution in [-0.4, -0.2) is 37.7 Å². The third kappa shape index (κ3) is 3.98. The number of ketones is 1. The first-order chi connectivity index (χ1) is 8.51. The molecule has 1 aliphatic rings. The zero-order valence-electron chi connectivity index (χ0n) is 12.8. The van der Waals surface area contributed by atoms with Crippen LogP contribution in [0.4, 0.5) is 0 Å². The molecule has 0 fully saturated rings. The molecular formula is C14H26O4Si. The fourth-order valence-electron chi connectivity index (χ4n) is 1.53. The Labute approximate surface area is 116 Å². The largest absolute Gasteiger partial charge is 0.411 e. The molecule has 110 valence electrons. The second kappa shape index (κ2) is 5.48. The quantitative estimate of drug-likeness (QED) is 0.807. The van der Waals surface area contributed by atoms with E-state index in [0.717, 1.165) is 0 Å². The van der Waals surface area contributed by atoms with Crippen LogP contribution in [-0.2, 0) is 14.0 Å². The Hall–Kier alpha value is -0.493. The van der Waals surface area contributed by atoms with Gasteiger partial charge in [0.25, 0.3) is 0 Å². The molecule has 0 aromatic carbocycles. The Bertz CT molecular complexity index is 370. The molecule has 2 atom stereocenters. The van der Waals surface area contributed by atoms with Gasteiger partial charge in [-0.25, -0.2) is 0 Å². The molecule has 0 spiro atoms. The third-order valence-corrected chi connectivity index (χ3v) is 8.47. The SMILES string of the molecule is CC[C@@H]1OC(O)(CO[Si](C)(C)C(C)(C)C)C=CC1=O. The molecule has 0 saturated carbocycles. The maximum atomic E-state index is 11.5. The van der Waals surface area contributed by atoms with Crippen LogP contribution in [0.1, 0.15) is 34.1 Å². The van der Waals surface area contributed by atoms with Gasteiger partial charge in [0.15, 0.2) is 14.1 Å². The summed E-state index contributed by atoms with van der Waals surface area (Å²) >= 11 is 0. The van der Waals surface area contributed by atoms with Gasteiger partial charge in [-0.15, -0.1) is 0 Å². The van der Waals surface area contributed by atoms with E-state index in [1.54, 1.807) is 0 Å². The van der Waals surface area contributed by atoms with E-state index in [1.807, 2.05) is 6.92 Å². The first-order valence-corrected chi connectivity index (χ1v) is 9.69. The number of hydrogen-bond acceptors (Lipinski definition) is 4. The fraction of sp³-hybridized carbons (Fsp3) is 0.786. The number of hydrogen-bond donors (Lipinski definition) is 1. The Morgan fingerprint density at radius 2 is 2.05 bits per heavy atom. The lowest BCUT2D eigenvalue weighted by Crippen LogP contribution is -2.50. The molecule has 0 aromatic heterocycles. The zero-order chi connectivity index (χ0) is 14.9. The Kier molecular flexibility index (Phi) is 4.78. The van der Waals surface area contributed by atoms with Crippen molar-refractivity contribution in [2.45, 2.75) is 64.1 Å². The van der Waals surface area contributed by atoms with Crippen LogP contribution < -0.4 is 0 Å². The van der Waals surface area contributed by atoms with E-state index in [0.29, 0.717) is 6.42 Å². The summed E-state index contributed by atoms with van der Waals surface area (Å²) in [5.41, 5.74) is 0. The number of ether oxygens (including phenoxy) is 1. The van der Waals surface area contributed by atoms with E-state index in [2.05, 4.69) is 33.9 Å². The molecule has 0 aromatic rings. The predicted molar refractivity (Wildman–Crippen MR) is 77.4 cm³/mol. The van der Waals surface area contributed by atoms with Gasteiger partial charge in [0.2, 0.25) is 5.79 Å². The van der Waals surface area contributed by atoms with E-state index in [9.17, 15) is 9.90 Å². The lowest BCUT2D eigenvalue weighted by atomic mass is 10.1. The summed E-state index contributed by atoms with van der Waals surface area (Å²) in [4.78, 5) is 11.5. The van der Waals surface area contributed by atoms with E-state index < -0.39 is 20.2 Å². The fourth-order valence-corrected chi connectivity index (χ4v) is 2.53. The zero-order valence-corrected chi connectivity index (χ0v) is 13.8. The van der Waals surface area contributed by atoms with E-state index in [1.165, 1.54) is 12.2 Å². The van der Waals surface area contributed by atoms with Crippen LogP contribution in [0.5, 0.6) is 0 Å². The van der Waals surface area contributed by atoms with Crippen molar-refractivity contribution in [2.24, 2.45) is 0 Å². The number of rotatable bonds is 4. The summed E-state index contributed by atoms with van der Waals surface area (Å²) in [7, 11) is -1.94.